The minimum absolute atomic E-state index is 0.0160. The number of rotatable bonds is 6. The summed E-state index contributed by atoms with van der Waals surface area (Å²) in [5, 5.41) is 4.54. The van der Waals surface area contributed by atoms with Crippen LogP contribution in [0.1, 0.15) is 49.7 Å². The number of carbonyl (C=O) groups excluding carboxylic acids is 1. The van der Waals surface area contributed by atoms with Crippen molar-refractivity contribution in [2.45, 2.75) is 44.7 Å². The Bertz CT molecular complexity index is 1140. The lowest BCUT2D eigenvalue weighted by Gasteiger charge is -2.16. The van der Waals surface area contributed by atoms with Crippen LogP contribution in [0.4, 0.5) is 0 Å². The zero-order valence-electron chi connectivity index (χ0n) is 16.0. The van der Waals surface area contributed by atoms with Gasteiger partial charge < -0.3 is 5.32 Å². The number of benzene rings is 2. The predicted octanol–water partition coefficient (Wildman–Crippen LogP) is 4.85. The highest BCUT2D eigenvalue weighted by Gasteiger charge is 2.28. The Labute approximate surface area is 178 Å². The standard InChI is InChI=1S/C22H21Cl2N3O2/c1-13(14-6-9-17(23)18(24)12-14)25-21(28)11-10-20-26-19-5-3-2-4-16(19)22(29)27(20)15-7-8-15/h2-6,9,12-13,15H,7-8,10-11H2,1H3,(H,25,28). The Kier molecular flexibility index (Phi) is 5.61. The molecule has 0 aliphatic heterocycles. The molecule has 7 heteroatoms. The highest BCUT2D eigenvalue weighted by molar-refractivity contribution is 6.42. The van der Waals surface area contributed by atoms with Gasteiger partial charge >= 0.3 is 0 Å². The second kappa shape index (κ2) is 8.17. The first-order chi connectivity index (χ1) is 13.9. The van der Waals surface area contributed by atoms with Crippen LogP contribution in [-0.4, -0.2) is 15.5 Å². The van der Waals surface area contributed by atoms with Gasteiger partial charge in [0.2, 0.25) is 5.91 Å². The fraction of sp³-hybridized carbons (Fsp3) is 0.318. The van der Waals surface area contributed by atoms with E-state index in [2.05, 4.69) is 10.3 Å². The number of amides is 1. The van der Waals surface area contributed by atoms with Crippen molar-refractivity contribution in [3.8, 4) is 0 Å². The minimum Gasteiger partial charge on any atom is -0.350 e. The molecule has 0 bridgehead atoms. The van der Waals surface area contributed by atoms with Gasteiger partial charge in [-0.3, -0.25) is 14.2 Å². The molecule has 150 valence electrons. The van der Waals surface area contributed by atoms with Gasteiger partial charge in [0.1, 0.15) is 5.82 Å². The van der Waals surface area contributed by atoms with Gasteiger partial charge in [-0.25, -0.2) is 4.98 Å². The molecule has 1 aromatic heterocycles. The average molecular weight is 430 g/mol. The summed E-state index contributed by atoms with van der Waals surface area (Å²) >= 11 is 12.0. The number of para-hydroxylation sites is 1. The first kappa shape index (κ1) is 19.9. The summed E-state index contributed by atoms with van der Waals surface area (Å²) in [6.07, 6.45) is 2.63. The van der Waals surface area contributed by atoms with Crippen LogP contribution >= 0.6 is 23.2 Å². The van der Waals surface area contributed by atoms with Gasteiger partial charge in [0.05, 0.1) is 27.0 Å². The normalized spacial score (nSPS) is 14.7. The van der Waals surface area contributed by atoms with E-state index < -0.39 is 0 Å². The molecule has 1 amide bonds. The molecule has 29 heavy (non-hydrogen) atoms. The average Bonchev–Trinajstić information content (AvgIpc) is 3.53. The fourth-order valence-corrected chi connectivity index (χ4v) is 3.79. The summed E-state index contributed by atoms with van der Waals surface area (Å²) in [5.74, 6) is 0.571. The molecule has 1 N–H and O–H groups in total. The van der Waals surface area contributed by atoms with Crippen LogP contribution in [0.15, 0.2) is 47.3 Å². The molecule has 1 atom stereocenters. The molecule has 3 aromatic rings. The molecular formula is C22H21Cl2N3O2. The van der Waals surface area contributed by atoms with E-state index in [0.29, 0.717) is 33.2 Å². The highest BCUT2D eigenvalue weighted by atomic mass is 35.5. The topological polar surface area (TPSA) is 64.0 Å². The molecule has 1 unspecified atom stereocenters. The van der Waals surface area contributed by atoms with Crippen LogP contribution in [0.2, 0.25) is 10.0 Å². The van der Waals surface area contributed by atoms with Gasteiger partial charge in [0, 0.05) is 18.9 Å². The van der Waals surface area contributed by atoms with Gasteiger partial charge in [0.25, 0.3) is 5.56 Å². The lowest BCUT2D eigenvalue weighted by Crippen LogP contribution is -2.29. The maximum Gasteiger partial charge on any atom is 0.261 e. The van der Waals surface area contributed by atoms with Crippen molar-refractivity contribution < 1.29 is 4.79 Å². The summed E-state index contributed by atoms with van der Waals surface area (Å²) in [6, 6.07) is 12.7. The summed E-state index contributed by atoms with van der Waals surface area (Å²) in [6.45, 7) is 1.89. The quantitative estimate of drug-likeness (QED) is 0.608. The van der Waals surface area contributed by atoms with Crippen molar-refractivity contribution in [1.29, 1.82) is 0 Å². The zero-order chi connectivity index (χ0) is 20.5. The lowest BCUT2D eigenvalue weighted by atomic mass is 10.1. The third-order valence-electron chi connectivity index (χ3n) is 5.19. The SMILES string of the molecule is CC(NC(=O)CCc1nc2ccccc2c(=O)n1C1CC1)c1ccc(Cl)c(Cl)c1. The summed E-state index contributed by atoms with van der Waals surface area (Å²) in [7, 11) is 0. The Morgan fingerprint density at radius 2 is 1.97 bits per heavy atom. The lowest BCUT2D eigenvalue weighted by molar-refractivity contribution is -0.121. The number of hydrogen-bond acceptors (Lipinski definition) is 3. The molecule has 0 saturated heterocycles. The van der Waals surface area contributed by atoms with Crippen molar-refractivity contribution >= 4 is 40.0 Å². The number of carbonyl (C=O) groups is 1. The number of aryl methyl sites for hydroxylation is 1. The maximum atomic E-state index is 12.9. The largest absolute Gasteiger partial charge is 0.350 e. The van der Waals surface area contributed by atoms with Crippen LogP contribution in [0.5, 0.6) is 0 Å². The fourth-order valence-electron chi connectivity index (χ4n) is 3.48. The van der Waals surface area contributed by atoms with Crippen molar-refractivity contribution in [3.63, 3.8) is 0 Å². The first-order valence-corrected chi connectivity index (χ1v) is 10.4. The first-order valence-electron chi connectivity index (χ1n) is 9.68. The Morgan fingerprint density at radius 3 is 2.69 bits per heavy atom. The summed E-state index contributed by atoms with van der Waals surface area (Å²) in [5.41, 5.74) is 1.54. The number of nitrogens with zero attached hydrogens (tertiary/aromatic N) is 2. The Hall–Kier alpha value is -2.37. The van der Waals surface area contributed by atoms with E-state index in [-0.39, 0.29) is 30.0 Å². The van der Waals surface area contributed by atoms with E-state index in [9.17, 15) is 9.59 Å². The van der Waals surface area contributed by atoms with Crippen LogP contribution in [0, 0.1) is 0 Å². The van der Waals surface area contributed by atoms with Crippen LogP contribution in [0.25, 0.3) is 10.9 Å². The van der Waals surface area contributed by atoms with Crippen LogP contribution in [-0.2, 0) is 11.2 Å². The second-order valence-electron chi connectivity index (χ2n) is 7.41. The molecule has 1 fully saturated rings. The Morgan fingerprint density at radius 1 is 1.21 bits per heavy atom. The molecule has 1 saturated carbocycles. The molecular weight excluding hydrogens is 409 g/mol. The second-order valence-corrected chi connectivity index (χ2v) is 8.23. The molecule has 5 nitrogen and oxygen atoms in total. The van der Waals surface area contributed by atoms with Gasteiger partial charge in [0.15, 0.2) is 0 Å². The van der Waals surface area contributed by atoms with E-state index in [1.165, 1.54) is 0 Å². The molecule has 2 aromatic carbocycles. The molecule has 1 heterocycles. The number of halogens is 2. The number of hydrogen-bond donors (Lipinski definition) is 1. The molecule has 0 radical (unpaired) electrons. The van der Waals surface area contributed by atoms with E-state index in [0.717, 1.165) is 18.4 Å². The zero-order valence-corrected chi connectivity index (χ0v) is 17.5. The molecule has 1 aliphatic rings. The van der Waals surface area contributed by atoms with Crippen LogP contribution in [0.3, 0.4) is 0 Å². The van der Waals surface area contributed by atoms with Gasteiger partial charge in [-0.05, 0) is 49.6 Å². The van der Waals surface area contributed by atoms with Gasteiger partial charge in [-0.2, -0.15) is 0 Å². The van der Waals surface area contributed by atoms with Crippen molar-refractivity contribution in [3.05, 3.63) is 74.3 Å². The maximum absolute atomic E-state index is 12.9. The third kappa shape index (κ3) is 4.31. The Balaban J connectivity index is 1.49. The third-order valence-corrected chi connectivity index (χ3v) is 5.93. The monoisotopic (exact) mass is 429 g/mol. The van der Waals surface area contributed by atoms with Gasteiger partial charge in [-0.1, -0.05) is 41.4 Å². The van der Waals surface area contributed by atoms with E-state index in [1.54, 1.807) is 22.8 Å². The van der Waals surface area contributed by atoms with E-state index in [4.69, 9.17) is 23.2 Å². The van der Waals surface area contributed by atoms with Crippen molar-refractivity contribution in [2.75, 3.05) is 0 Å². The molecule has 1 aliphatic carbocycles. The van der Waals surface area contributed by atoms with Crippen molar-refractivity contribution in [2.24, 2.45) is 0 Å². The van der Waals surface area contributed by atoms with Crippen molar-refractivity contribution in [1.82, 2.24) is 14.9 Å². The highest BCUT2D eigenvalue weighted by Crippen LogP contribution is 2.35. The predicted molar refractivity (Wildman–Crippen MR) is 116 cm³/mol. The molecule has 4 rings (SSSR count). The number of nitrogens with one attached hydrogen (secondary N) is 1. The smallest absolute Gasteiger partial charge is 0.261 e. The summed E-state index contributed by atoms with van der Waals surface area (Å²) < 4.78 is 1.78. The number of fused-ring (bicyclic) bond motifs is 1. The van der Waals surface area contributed by atoms with Crippen LogP contribution < -0.4 is 10.9 Å². The van der Waals surface area contributed by atoms with Gasteiger partial charge in [-0.15, -0.1) is 0 Å². The van der Waals surface area contributed by atoms with E-state index in [1.807, 2.05) is 31.2 Å². The minimum atomic E-state index is -0.201. The number of aromatic nitrogens is 2. The van der Waals surface area contributed by atoms with E-state index >= 15 is 0 Å². The molecule has 0 spiro atoms. The summed E-state index contributed by atoms with van der Waals surface area (Å²) in [4.78, 5) is 30.1.